The summed E-state index contributed by atoms with van der Waals surface area (Å²) in [5.41, 5.74) is 0.670. The van der Waals surface area contributed by atoms with Gasteiger partial charge in [0.25, 0.3) is 0 Å². The van der Waals surface area contributed by atoms with Crippen LogP contribution in [0.5, 0.6) is 0 Å². The largest absolute Gasteiger partial charge is 0.467 e. The van der Waals surface area contributed by atoms with Crippen LogP contribution in [-0.2, 0) is 16.6 Å². The van der Waals surface area contributed by atoms with Crippen LogP contribution in [0.4, 0.5) is 4.79 Å². The Morgan fingerprint density at radius 3 is 2.88 bits per heavy atom. The summed E-state index contributed by atoms with van der Waals surface area (Å²) in [7, 11) is -3.75. The van der Waals surface area contributed by atoms with Crippen LogP contribution in [0.1, 0.15) is 30.2 Å². The first-order valence-corrected chi connectivity index (χ1v) is 9.19. The maximum absolute atomic E-state index is 12.4. The molecule has 1 saturated heterocycles. The number of carbonyl (C=O) groups excluding carboxylic acids is 1. The van der Waals surface area contributed by atoms with Crippen LogP contribution < -0.4 is 10.5 Å². The minimum absolute atomic E-state index is 0.0314. The Balaban J connectivity index is 1.65. The molecule has 8 heteroatoms. The van der Waals surface area contributed by atoms with E-state index in [1.54, 1.807) is 23.3 Å². The molecule has 0 radical (unpaired) electrons. The molecule has 1 atom stereocenters. The van der Waals surface area contributed by atoms with E-state index >= 15 is 0 Å². The first kappa shape index (κ1) is 16.5. The molecule has 1 aliphatic rings. The molecule has 3 rings (SSSR count). The minimum Gasteiger partial charge on any atom is -0.467 e. The van der Waals surface area contributed by atoms with Crippen LogP contribution in [0.3, 0.4) is 0 Å². The summed E-state index contributed by atoms with van der Waals surface area (Å²) in [5.74, 6) is 0.777. The zero-order valence-corrected chi connectivity index (χ0v) is 13.8. The van der Waals surface area contributed by atoms with E-state index in [2.05, 4.69) is 5.32 Å². The van der Waals surface area contributed by atoms with E-state index in [-0.39, 0.29) is 23.5 Å². The molecule has 1 aromatic carbocycles. The molecule has 2 amide bonds. The van der Waals surface area contributed by atoms with Crippen molar-refractivity contribution in [3.63, 3.8) is 0 Å². The molecule has 0 spiro atoms. The molecule has 3 N–H and O–H groups in total. The first-order chi connectivity index (χ1) is 11.4. The van der Waals surface area contributed by atoms with Gasteiger partial charge in [-0.1, -0.05) is 12.1 Å². The summed E-state index contributed by atoms with van der Waals surface area (Å²) in [6, 6.07) is 9.64. The number of furan rings is 1. The van der Waals surface area contributed by atoms with Crippen molar-refractivity contribution in [3.8, 4) is 0 Å². The third-order valence-corrected chi connectivity index (χ3v) is 4.97. The molecule has 1 aliphatic heterocycles. The molecule has 24 heavy (non-hydrogen) atoms. The number of likely N-dealkylation sites (tertiary alicyclic amines) is 1. The second-order valence-electron chi connectivity index (χ2n) is 5.72. The lowest BCUT2D eigenvalue weighted by molar-refractivity contribution is 0.186. The topological polar surface area (TPSA) is 106 Å². The second-order valence-corrected chi connectivity index (χ2v) is 7.28. The van der Waals surface area contributed by atoms with E-state index in [0.717, 1.165) is 18.6 Å². The Kier molecular flexibility index (Phi) is 4.59. The van der Waals surface area contributed by atoms with Gasteiger partial charge in [0.1, 0.15) is 5.76 Å². The van der Waals surface area contributed by atoms with Gasteiger partial charge in [-0.25, -0.2) is 18.4 Å². The van der Waals surface area contributed by atoms with Gasteiger partial charge in [-0.05, 0) is 42.7 Å². The van der Waals surface area contributed by atoms with E-state index in [0.29, 0.717) is 12.1 Å². The molecule has 2 aromatic rings. The van der Waals surface area contributed by atoms with E-state index in [9.17, 15) is 13.2 Å². The summed E-state index contributed by atoms with van der Waals surface area (Å²) in [6.07, 6.45) is 3.38. The van der Waals surface area contributed by atoms with Gasteiger partial charge in [0.2, 0.25) is 10.0 Å². The molecule has 0 bridgehead atoms. The molecule has 0 unspecified atom stereocenters. The van der Waals surface area contributed by atoms with Crippen molar-refractivity contribution < 1.29 is 17.6 Å². The van der Waals surface area contributed by atoms with Gasteiger partial charge >= 0.3 is 6.03 Å². The molecule has 7 nitrogen and oxygen atoms in total. The normalized spacial score (nSPS) is 17.9. The van der Waals surface area contributed by atoms with Gasteiger partial charge in [-0.2, -0.15) is 0 Å². The number of hydrogen-bond donors (Lipinski definition) is 2. The van der Waals surface area contributed by atoms with Crippen molar-refractivity contribution in [2.24, 2.45) is 5.14 Å². The number of nitrogens with one attached hydrogen (secondary N) is 1. The summed E-state index contributed by atoms with van der Waals surface area (Å²) < 4.78 is 28.2. The molecule has 1 aromatic heterocycles. The van der Waals surface area contributed by atoms with Crippen molar-refractivity contribution in [1.29, 1.82) is 0 Å². The van der Waals surface area contributed by atoms with Crippen molar-refractivity contribution in [1.82, 2.24) is 10.2 Å². The number of carbonyl (C=O) groups is 1. The number of hydrogen-bond acceptors (Lipinski definition) is 4. The van der Waals surface area contributed by atoms with E-state index in [1.165, 1.54) is 12.1 Å². The fourth-order valence-electron chi connectivity index (χ4n) is 2.90. The number of rotatable bonds is 4. The first-order valence-electron chi connectivity index (χ1n) is 7.65. The highest BCUT2D eigenvalue weighted by Crippen LogP contribution is 2.31. The highest BCUT2D eigenvalue weighted by molar-refractivity contribution is 7.89. The molecule has 1 fully saturated rings. The van der Waals surface area contributed by atoms with Crippen molar-refractivity contribution >= 4 is 16.1 Å². The molecule has 0 saturated carbocycles. The lowest BCUT2D eigenvalue weighted by atomic mass is 10.2. The standard InChI is InChI=1S/C16H19N3O4S/c17-24(21,22)13-5-1-4-12(10-13)11-18-16(20)19-8-2-6-14(19)15-7-3-9-23-15/h1,3-5,7,9-10,14H,2,6,8,11H2,(H,18,20)(H2,17,21,22)/t14-/m1/s1. The van der Waals surface area contributed by atoms with Gasteiger partial charge < -0.3 is 14.6 Å². The van der Waals surface area contributed by atoms with Gasteiger partial charge in [0.05, 0.1) is 17.2 Å². The van der Waals surface area contributed by atoms with Crippen molar-refractivity contribution in [3.05, 3.63) is 54.0 Å². The Bertz CT molecular complexity index is 818. The molecule has 128 valence electrons. The molecular weight excluding hydrogens is 330 g/mol. The van der Waals surface area contributed by atoms with Crippen LogP contribution in [0.25, 0.3) is 0 Å². The van der Waals surface area contributed by atoms with Gasteiger partial charge in [0.15, 0.2) is 0 Å². The number of benzene rings is 1. The SMILES string of the molecule is NS(=O)(=O)c1cccc(CNC(=O)N2CCC[C@@H]2c2ccco2)c1. The average molecular weight is 349 g/mol. The van der Waals surface area contributed by atoms with E-state index in [4.69, 9.17) is 9.56 Å². The number of primary sulfonamides is 1. The summed E-state index contributed by atoms with van der Waals surface area (Å²) in [5, 5.41) is 7.94. The predicted molar refractivity (Wildman–Crippen MR) is 87.4 cm³/mol. The third kappa shape index (κ3) is 3.60. The highest BCUT2D eigenvalue weighted by atomic mass is 32.2. The Labute approximate surface area is 140 Å². The van der Waals surface area contributed by atoms with Crippen LogP contribution in [-0.4, -0.2) is 25.9 Å². The summed E-state index contributed by atoms with van der Waals surface area (Å²) in [4.78, 5) is 14.2. The van der Waals surface area contributed by atoms with Crippen LogP contribution in [0.15, 0.2) is 52.0 Å². The van der Waals surface area contributed by atoms with Gasteiger partial charge in [0, 0.05) is 13.1 Å². The van der Waals surface area contributed by atoms with Crippen molar-refractivity contribution in [2.45, 2.75) is 30.3 Å². The zero-order valence-electron chi connectivity index (χ0n) is 13.0. The van der Waals surface area contributed by atoms with Gasteiger partial charge in [-0.3, -0.25) is 0 Å². The molecule has 0 aliphatic carbocycles. The fraction of sp³-hybridized carbons (Fsp3) is 0.312. The number of nitrogens with two attached hydrogens (primary N) is 1. The number of amides is 2. The monoisotopic (exact) mass is 349 g/mol. The Hall–Kier alpha value is -2.32. The van der Waals surface area contributed by atoms with E-state index in [1.807, 2.05) is 12.1 Å². The Morgan fingerprint density at radius 2 is 2.17 bits per heavy atom. The summed E-state index contributed by atoms with van der Waals surface area (Å²) in [6.45, 7) is 0.887. The van der Waals surface area contributed by atoms with Crippen molar-refractivity contribution in [2.75, 3.05) is 6.54 Å². The smallest absolute Gasteiger partial charge is 0.318 e. The highest BCUT2D eigenvalue weighted by Gasteiger charge is 2.31. The number of urea groups is 1. The lowest BCUT2D eigenvalue weighted by Gasteiger charge is -2.23. The molecule has 2 heterocycles. The average Bonchev–Trinajstić information content (AvgIpc) is 3.22. The fourth-order valence-corrected chi connectivity index (χ4v) is 3.48. The maximum Gasteiger partial charge on any atom is 0.318 e. The van der Waals surface area contributed by atoms with Gasteiger partial charge in [-0.15, -0.1) is 0 Å². The maximum atomic E-state index is 12.4. The second kappa shape index (κ2) is 6.66. The lowest BCUT2D eigenvalue weighted by Crippen LogP contribution is -2.39. The third-order valence-electron chi connectivity index (χ3n) is 4.06. The van der Waals surface area contributed by atoms with Crippen LogP contribution >= 0.6 is 0 Å². The predicted octanol–water partition coefficient (Wildman–Crippen LogP) is 1.97. The quantitative estimate of drug-likeness (QED) is 0.880. The van der Waals surface area contributed by atoms with Crippen LogP contribution in [0, 0.1) is 0 Å². The van der Waals surface area contributed by atoms with E-state index < -0.39 is 10.0 Å². The Morgan fingerprint density at radius 1 is 1.33 bits per heavy atom. The summed E-state index contributed by atoms with van der Waals surface area (Å²) >= 11 is 0. The molecular formula is C16H19N3O4S. The van der Waals surface area contributed by atoms with Crippen LogP contribution in [0.2, 0.25) is 0 Å². The number of nitrogens with zero attached hydrogens (tertiary/aromatic N) is 1. The zero-order chi connectivity index (χ0) is 17.2. The minimum atomic E-state index is -3.75. The number of sulfonamides is 1.